The fourth-order valence-corrected chi connectivity index (χ4v) is 4.04. The first-order chi connectivity index (χ1) is 10.1. The number of carbonyl (C=O) groups is 2. The monoisotopic (exact) mass is 338 g/mol. The molecular formula is C12H15FO8S. The Balaban J connectivity index is 1.69. The standard InChI is InChI=1S/C12H15FO8S/c1-12(13,22(17,18)19)11(16)20-3-6-4-2-5-7(8(4)14)10(15)21-9(5)6/h4-9,14H,2-3H2,1H3,(H,17,18,19). The topological polar surface area (TPSA) is 127 Å². The second-order valence-electron chi connectivity index (χ2n) is 6.14. The number of rotatable bonds is 4. The van der Waals surface area contributed by atoms with Crippen molar-refractivity contribution in [3.05, 3.63) is 0 Å². The Bertz CT molecular complexity index is 629. The summed E-state index contributed by atoms with van der Waals surface area (Å²) in [6.45, 7) is -0.0112. The lowest BCUT2D eigenvalue weighted by Gasteiger charge is -2.29. The van der Waals surface area contributed by atoms with Crippen LogP contribution in [0.15, 0.2) is 0 Å². The highest BCUT2D eigenvalue weighted by Crippen LogP contribution is 2.57. The van der Waals surface area contributed by atoms with E-state index in [4.69, 9.17) is 9.29 Å². The van der Waals surface area contributed by atoms with Crippen LogP contribution in [-0.2, 0) is 29.2 Å². The second kappa shape index (κ2) is 4.62. The molecule has 0 aromatic rings. The summed E-state index contributed by atoms with van der Waals surface area (Å²) in [5.41, 5.74) is 0. The van der Waals surface area contributed by atoms with Crippen molar-refractivity contribution in [2.45, 2.75) is 30.6 Å². The Labute approximate surface area is 125 Å². The number of fused-ring (bicyclic) bond motifs is 1. The zero-order chi connectivity index (χ0) is 16.4. The number of halogens is 1. The van der Waals surface area contributed by atoms with Gasteiger partial charge in [-0.15, -0.1) is 0 Å². The van der Waals surface area contributed by atoms with E-state index in [1.165, 1.54) is 0 Å². The van der Waals surface area contributed by atoms with E-state index < -0.39 is 57.7 Å². The third-order valence-corrected chi connectivity index (χ3v) is 6.12. The van der Waals surface area contributed by atoms with E-state index >= 15 is 0 Å². The number of alkyl halides is 1. The molecule has 3 aliphatic rings. The van der Waals surface area contributed by atoms with E-state index in [2.05, 4.69) is 4.74 Å². The molecule has 3 fully saturated rings. The van der Waals surface area contributed by atoms with Gasteiger partial charge in [0.2, 0.25) is 0 Å². The summed E-state index contributed by atoms with van der Waals surface area (Å²) in [5, 5.41) is 6.48. The van der Waals surface area contributed by atoms with Gasteiger partial charge in [-0.1, -0.05) is 0 Å². The third kappa shape index (κ3) is 1.97. The Morgan fingerprint density at radius 2 is 2.14 bits per heavy atom. The Kier molecular flexibility index (Phi) is 3.28. The number of esters is 2. The summed E-state index contributed by atoms with van der Waals surface area (Å²) in [6.07, 6.45) is -0.885. The van der Waals surface area contributed by atoms with E-state index in [1.807, 2.05) is 0 Å². The van der Waals surface area contributed by atoms with Crippen molar-refractivity contribution in [1.29, 1.82) is 0 Å². The van der Waals surface area contributed by atoms with Gasteiger partial charge in [0.05, 0.1) is 18.6 Å². The quantitative estimate of drug-likeness (QED) is 0.507. The van der Waals surface area contributed by atoms with Crippen LogP contribution in [0.4, 0.5) is 4.39 Å². The molecule has 0 spiro atoms. The van der Waals surface area contributed by atoms with Gasteiger partial charge in [-0.2, -0.15) is 8.42 Å². The molecule has 3 rings (SSSR count). The molecule has 7 unspecified atom stereocenters. The molecule has 124 valence electrons. The average molecular weight is 338 g/mol. The van der Waals surface area contributed by atoms with Crippen molar-refractivity contribution in [2.24, 2.45) is 23.7 Å². The van der Waals surface area contributed by atoms with Gasteiger partial charge >= 0.3 is 27.1 Å². The number of aliphatic hydroxyl groups excluding tert-OH is 1. The van der Waals surface area contributed by atoms with Gasteiger partial charge in [-0.05, 0) is 19.3 Å². The van der Waals surface area contributed by atoms with Crippen LogP contribution in [0.5, 0.6) is 0 Å². The maximum atomic E-state index is 13.7. The molecule has 0 aromatic heterocycles. The van der Waals surface area contributed by atoms with Gasteiger partial charge in [0, 0.05) is 11.8 Å². The van der Waals surface area contributed by atoms with Crippen LogP contribution >= 0.6 is 0 Å². The molecule has 1 aliphatic heterocycles. The highest BCUT2D eigenvalue weighted by atomic mass is 32.2. The van der Waals surface area contributed by atoms with Crippen LogP contribution in [-0.4, -0.2) is 53.8 Å². The van der Waals surface area contributed by atoms with Gasteiger partial charge in [0.1, 0.15) is 6.10 Å². The third-order valence-electron chi connectivity index (χ3n) is 4.99. The SMILES string of the molecule is CC(F)(C(=O)OCC1C2CC3C1OC(=O)C3C2O)S(=O)(=O)O. The lowest BCUT2D eigenvalue weighted by atomic mass is 9.80. The summed E-state index contributed by atoms with van der Waals surface area (Å²) in [6, 6.07) is 0. The summed E-state index contributed by atoms with van der Waals surface area (Å²) in [7, 11) is -5.26. The Hall–Kier alpha value is -1.26. The first-order valence-corrected chi connectivity index (χ1v) is 8.21. The van der Waals surface area contributed by atoms with Crippen LogP contribution in [0.1, 0.15) is 13.3 Å². The molecule has 1 saturated heterocycles. The lowest BCUT2D eigenvalue weighted by Crippen LogP contribution is -2.43. The largest absolute Gasteiger partial charge is 0.462 e. The predicted octanol–water partition coefficient (Wildman–Crippen LogP) is -0.728. The average Bonchev–Trinajstić information content (AvgIpc) is 2.97. The van der Waals surface area contributed by atoms with E-state index in [0.29, 0.717) is 13.3 Å². The Morgan fingerprint density at radius 3 is 2.73 bits per heavy atom. The molecule has 2 saturated carbocycles. The van der Waals surface area contributed by atoms with Gasteiger partial charge in [-0.25, -0.2) is 9.18 Å². The van der Waals surface area contributed by atoms with Crippen LogP contribution in [0.2, 0.25) is 0 Å². The fourth-order valence-electron chi connectivity index (χ4n) is 3.77. The maximum Gasteiger partial charge on any atom is 0.362 e. The summed E-state index contributed by atoms with van der Waals surface area (Å²) in [5.74, 6) is -3.79. The van der Waals surface area contributed by atoms with Crippen molar-refractivity contribution in [2.75, 3.05) is 6.61 Å². The second-order valence-corrected chi connectivity index (χ2v) is 7.85. The molecule has 2 aliphatic carbocycles. The highest BCUT2D eigenvalue weighted by Gasteiger charge is 2.66. The van der Waals surface area contributed by atoms with Crippen molar-refractivity contribution in [3.63, 3.8) is 0 Å². The molecule has 10 heteroatoms. The van der Waals surface area contributed by atoms with E-state index in [0.717, 1.165) is 0 Å². The van der Waals surface area contributed by atoms with Gasteiger partial charge in [0.25, 0.3) is 0 Å². The van der Waals surface area contributed by atoms with Crippen molar-refractivity contribution in [3.8, 4) is 0 Å². The molecular weight excluding hydrogens is 323 g/mol. The van der Waals surface area contributed by atoms with E-state index in [1.54, 1.807) is 0 Å². The zero-order valence-electron chi connectivity index (χ0n) is 11.5. The normalized spacial score (nSPS) is 42.1. The van der Waals surface area contributed by atoms with Crippen molar-refractivity contribution >= 4 is 22.1 Å². The first-order valence-electron chi connectivity index (χ1n) is 6.77. The van der Waals surface area contributed by atoms with Gasteiger partial charge < -0.3 is 14.6 Å². The maximum absolute atomic E-state index is 13.7. The minimum absolute atomic E-state index is 0.158. The molecule has 2 bridgehead atoms. The molecule has 0 aromatic carbocycles. The molecule has 1 heterocycles. The Morgan fingerprint density at radius 1 is 1.50 bits per heavy atom. The lowest BCUT2D eigenvalue weighted by molar-refractivity contribution is -0.155. The summed E-state index contributed by atoms with van der Waals surface area (Å²) >= 11 is 0. The summed E-state index contributed by atoms with van der Waals surface area (Å²) < 4.78 is 53.8. The number of carbonyl (C=O) groups excluding carboxylic acids is 2. The van der Waals surface area contributed by atoms with Crippen LogP contribution in [0, 0.1) is 23.7 Å². The molecule has 0 radical (unpaired) electrons. The molecule has 7 atom stereocenters. The first kappa shape index (κ1) is 15.6. The number of hydrogen-bond donors (Lipinski definition) is 2. The molecule has 0 amide bonds. The summed E-state index contributed by atoms with van der Waals surface area (Å²) in [4.78, 5) is 23.1. The van der Waals surface area contributed by atoms with E-state index in [9.17, 15) is 27.5 Å². The predicted molar refractivity (Wildman–Crippen MR) is 66.5 cm³/mol. The van der Waals surface area contributed by atoms with Gasteiger partial charge in [-0.3, -0.25) is 9.35 Å². The zero-order valence-corrected chi connectivity index (χ0v) is 12.3. The molecule has 8 nitrogen and oxygen atoms in total. The highest BCUT2D eigenvalue weighted by molar-refractivity contribution is 7.87. The fraction of sp³-hybridized carbons (Fsp3) is 0.833. The minimum Gasteiger partial charge on any atom is -0.462 e. The number of hydrogen-bond acceptors (Lipinski definition) is 7. The number of ether oxygens (including phenoxy) is 2. The van der Waals surface area contributed by atoms with Gasteiger partial charge in [0.15, 0.2) is 0 Å². The van der Waals surface area contributed by atoms with Crippen molar-refractivity contribution < 1.29 is 41.5 Å². The molecule has 2 N–H and O–H groups in total. The van der Waals surface area contributed by atoms with Crippen LogP contribution < -0.4 is 0 Å². The smallest absolute Gasteiger partial charge is 0.362 e. The van der Waals surface area contributed by atoms with Crippen LogP contribution in [0.25, 0.3) is 0 Å². The number of aliphatic hydroxyl groups is 1. The minimum atomic E-state index is -5.26. The van der Waals surface area contributed by atoms with E-state index in [-0.39, 0.29) is 11.8 Å². The van der Waals surface area contributed by atoms with Crippen molar-refractivity contribution in [1.82, 2.24) is 0 Å². The molecule has 22 heavy (non-hydrogen) atoms. The van der Waals surface area contributed by atoms with Crippen LogP contribution in [0.3, 0.4) is 0 Å².